The van der Waals surface area contributed by atoms with Crippen molar-refractivity contribution in [3.63, 3.8) is 0 Å². The topological polar surface area (TPSA) is 74.1 Å². The van der Waals surface area contributed by atoms with Gasteiger partial charge in [0, 0.05) is 45.2 Å². The first-order chi connectivity index (χ1) is 19.1. The van der Waals surface area contributed by atoms with Crippen molar-refractivity contribution in [3.8, 4) is 5.75 Å². The number of carbonyl (C=O) groups is 1. The van der Waals surface area contributed by atoms with Gasteiger partial charge in [-0.05, 0) is 62.5 Å². The molecular formula is C31H41N5O3. The number of carbonyl (C=O) groups excluding carboxylic acids is 1. The van der Waals surface area contributed by atoms with Crippen LogP contribution in [0.1, 0.15) is 29.9 Å². The molecule has 0 aliphatic carbocycles. The highest BCUT2D eigenvalue weighted by molar-refractivity contribution is 5.77. The fourth-order valence-electron chi connectivity index (χ4n) is 5.94. The van der Waals surface area contributed by atoms with Gasteiger partial charge in [-0.25, -0.2) is 0 Å². The van der Waals surface area contributed by atoms with E-state index in [1.807, 2.05) is 29.2 Å². The molecular weight excluding hydrogens is 490 g/mol. The molecule has 5 rings (SSSR count). The summed E-state index contributed by atoms with van der Waals surface area (Å²) in [4.78, 5) is 19.9. The van der Waals surface area contributed by atoms with E-state index in [9.17, 15) is 4.79 Å². The Balaban J connectivity index is 1.12. The Labute approximate surface area is 231 Å². The number of hydrogen-bond donors (Lipinski definition) is 1. The molecule has 2 saturated heterocycles. The van der Waals surface area contributed by atoms with Crippen LogP contribution < -0.4 is 15.0 Å². The number of rotatable bonds is 10. The maximum atomic E-state index is 13.3. The first kappa shape index (κ1) is 27.2. The van der Waals surface area contributed by atoms with Crippen molar-refractivity contribution < 1.29 is 14.1 Å². The number of nitrogens with zero attached hydrogens (tertiary/aromatic N) is 4. The minimum Gasteiger partial charge on any atom is -0.495 e. The Kier molecular flexibility index (Phi) is 9.16. The second kappa shape index (κ2) is 13.1. The molecule has 3 aromatic rings. The van der Waals surface area contributed by atoms with E-state index in [1.165, 1.54) is 5.56 Å². The van der Waals surface area contributed by atoms with E-state index in [4.69, 9.17) is 9.26 Å². The minimum atomic E-state index is 0.273. The lowest BCUT2D eigenvalue weighted by molar-refractivity contribution is -0.133. The zero-order chi connectivity index (χ0) is 27.0. The number of nitrogens with one attached hydrogen (secondary N) is 1. The number of piperidine rings is 1. The number of para-hydroxylation sites is 2. The molecule has 1 amide bonds. The molecule has 0 radical (unpaired) electrons. The molecule has 8 nitrogen and oxygen atoms in total. The van der Waals surface area contributed by atoms with Crippen LogP contribution in [0.15, 0.2) is 65.2 Å². The third-order valence-electron chi connectivity index (χ3n) is 8.06. The summed E-state index contributed by atoms with van der Waals surface area (Å²) in [5.74, 6) is 2.76. The molecule has 2 aliphatic rings. The first-order valence-electron chi connectivity index (χ1n) is 14.1. The lowest BCUT2D eigenvalue weighted by Gasteiger charge is -2.38. The summed E-state index contributed by atoms with van der Waals surface area (Å²) >= 11 is 0. The van der Waals surface area contributed by atoms with Crippen LogP contribution in [0.25, 0.3) is 0 Å². The number of methoxy groups -OCH3 is 1. The highest BCUT2D eigenvalue weighted by Gasteiger charge is 2.31. The van der Waals surface area contributed by atoms with Gasteiger partial charge in [-0.1, -0.05) is 47.6 Å². The molecule has 0 spiro atoms. The number of piperazine rings is 1. The van der Waals surface area contributed by atoms with Crippen LogP contribution in [0.2, 0.25) is 0 Å². The molecule has 2 aliphatic heterocycles. The SMILES string of the molecule is COc1ccccc1N1CCN(C(=O)C[C@@H]2CCNC[C@@H]2Cc2cc(CN(C)Cc3ccccc3)on2)CC1. The van der Waals surface area contributed by atoms with E-state index >= 15 is 0 Å². The number of ether oxygens (including phenoxy) is 1. The predicted octanol–water partition coefficient (Wildman–Crippen LogP) is 3.82. The average molecular weight is 532 g/mol. The number of aromatic nitrogens is 1. The van der Waals surface area contributed by atoms with Gasteiger partial charge in [0.15, 0.2) is 5.76 Å². The van der Waals surface area contributed by atoms with Gasteiger partial charge in [-0.2, -0.15) is 0 Å². The zero-order valence-electron chi connectivity index (χ0n) is 23.2. The summed E-state index contributed by atoms with van der Waals surface area (Å²) in [6.45, 7) is 6.59. The van der Waals surface area contributed by atoms with Crippen LogP contribution in [-0.2, 0) is 24.3 Å². The van der Waals surface area contributed by atoms with Crippen molar-refractivity contribution in [2.75, 3.05) is 58.3 Å². The fourth-order valence-corrected chi connectivity index (χ4v) is 5.94. The van der Waals surface area contributed by atoms with Gasteiger partial charge < -0.3 is 24.4 Å². The van der Waals surface area contributed by atoms with Crippen LogP contribution in [0.3, 0.4) is 0 Å². The molecule has 39 heavy (non-hydrogen) atoms. The monoisotopic (exact) mass is 531 g/mol. The standard InChI is InChI=1S/C31H41N5O3/c1-34(22-24-8-4-3-5-9-24)23-28-20-27(33-39-28)18-26-21-32-13-12-25(26)19-31(37)36-16-14-35(15-17-36)29-10-6-7-11-30(29)38-2/h3-11,20,25-26,32H,12-19,21-23H2,1-2H3/t25-,26-/m0/s1. The van der Waals surface area contributed by atoms with Gasteiger partial charge in [0.1, 0.15) is 5.75 Å². The van der Waals surface area contributed by atoms with Crippen molar-refractivity contribution in [2.24, 2.45) is 11.8 Å². The molecule has 8 heteroatoms. The predicted molar refractivity (Wildman–Crippen MR) is 153 cm³/mol. The van der Waals surface area contributed by atoms with E-state index in [-0.39, 0.29) is 5.91 Å². The van der Waals surface area contributed by atoms with Crippen molar-refractivity contribution in [1.82, 2.24) is 20.3 Å². The molecule has 2 fully saturated rings. The van der Waals surface area contributed by atoms with Gasteiger partial charge in [-0.15, -0.1) is 0 Å². The van der Waals surface area contributed by atoms with Crippen molar-refractivity contribution in [1.29, 1.82) is 0 Å². The summed E-state index contributed by atoms with van der Waals surface area (Å²) in [5.41, 5.74) is 3.36. The van der Waals surface area contributed by atoms with E-state index < -0.39 is 0 Å². The van der Waals surface area contributed by atoms with Crippen molar-refractivity contribution in [2.45, 2.75) is 32.4 Å². The van der Waals surface area contributed by atoms with Crippen molar-refractivity contribution >= 4 is 11.6 Å². The molecule has 0 bridgehead atoms. The summed E-state index contributed by atoms with van der Waals surface area (Å²) in [5, 5.41) is 7.91. The smallest absolute Gasteiger partial charge is 0.222 e. The van der Waals surface area contributed by atoms with Gasteiger partial charge in [0.25, 0.3) is 0 Å². The van der Waals surface area contributed by atoms with Crippen molar-refractivity contribution in [3.05, 3.63) is 77.7 Å². The second-order valence-electron chi connectivity index (χ2n) is 10.9. The number of hydrogen-bond acceptors (Lipinski definition) is 7. The maximum absolute atomic E-state index is 13.3. The molecule has 2 aromatic carbocycles. The molecule has 1 N–H and O–H groups in total. The molecule has 0 saturated carbocycles. The molecule has 208 valence electrons. The lowest BCUT2D eigenvalue weighted by Crippen LogP contribution is -2.50. The van der Waals surface area contributed by atoms with E-state index in [0.717, 1.165) is 81.5 Å². The molecule has 2 atom stereocenters. The summed E-state index contributed by atoms with van der Waals surface area (Å²) in [7, 11) is 3.80. The van der Waals surface area contributed by atoms with E-state index in [0.29, 0.717) is 24.8 Å². The summed E-state index contributed by atoms with van der Waals surface area (Å²) in [6.07, 6.45) is 2.45. The van der Waals surface area contributed by atoms with Gasteiger partial charge in [0.05, 0.1) is 25.0 Å². The van der Waals surface area contributed by atoms with E-state index in [2.05, 4.69) is 63.7 Å². The Bertz CT molecular complexity index is 1190. The average Bonchev–Trinajstić information content (AvgIpc) is 3.41. The third-order valence-corrected chi connectivity index (χ3v) is 8.06. The highest BCUT2D eigenvalue weighted by Crippen LogP contribution is 2.30. The minimum absolute atomic E-state index is 0.273. The Morgan fingerprint density at radius 2 is 1.82 bits per heavy atom. The number of amides is 1. The number of anilines is 1. The van der Waals surface area contributed by atoms with Gasteiger partial charge in [-0.3, -0.25) is 9.69 Å². The Morgan fingerprint density at radius 3 is 2.62 bits per heavy atom. The van der Waals surface area contributed by atoms with Gasteiger partial charge >= 0.3 is 0 Å². The Morgan fingerprint density at radius 1 is 1.05 bits per heavy atom. The quantitative estimate of drug-likeness (QED) is 0.426. The van der Waals surface area contributed by atoms with Crippen LogP contribution in [0, 0.1) is 11.8 Å². The van der Waals surface area contributed by atoms with Gasteiger partial charge in [0.2, 0.25) is 5.91 Å². The maximum Gasteiger partial charge on any atom is 0.222 e. The largest absolute Gasteiger partial charge is 0.495 e. The van der Waals surface area contributed by atoms with Crippen LogP contribution >= 0.6 is 0 Å². The summed E-state index contributed by atoms with van der Waals surface area (Å²) in [6, 6.07) is 20.6. The van der Waals surface area contributed by atoms with Crippen LogP contribution in [-0.4, -0.2) is 74.3 Å². The van der Waals surface area contributed by atoms with Crippen LogP contribution in [0.5, 0.6) is 5.75 Å². The zero-order valence-corrected chi connectivity index (χ0v) is 23.2. The Hall–Kier alpha value is -3.36. The first-order valence-corrected chi connectivity index (χ1v) is 14.1. The molecule has 3 heterocycles. The van der Waals surface area contributed by atoms with Crippen LogP contribution in [0.4, 0.5) is 5.69 Å². The van der Waals surface area contributed by atoms with E-state index in [1.54, 1.807) is 7.11 Å². The second-order valence-corrected chi connectivity index (χ2v) is 10.9. The fraction of sp³-hybridized carbons (Fsp3) is 0.484. The molecule has 1 aromatic heterocycles. The molecule has 0 unspecified atom stereocenters. The highest BCUT2D eigenvalue weighted by atomic mass is 16.5. The summed E-state index contributed by atoms with van der Waals surface area (Å²) < 4.78 is 11.2. The number of benzene rings is 2. The normalized spacial score (nSPS) is 19.9. The lowest BCUT2D eigenvalue weighted by atomic mass is 9.81. The third kappa shape index (κ3) is 7.19.